The van der Waals surface area contributed by atoms with E-state index in [-0.39, 0.29) is 23.8 Å². The maximum atomic E-state index is 12.9. The molecular formula is C18H21FN2O4S. The molecule has 0 aliphatic heterocycles. The van der Waals surface area contributed by atoms with Gasteiger partial charge in [-0.15, -0.1) is 0 Å². The molecule has 0 fully saturated rings. The van der Waals surface area contributed by atoms with Crippen LogP contribution in [0.15, 0.2) is 47.4 Å². The predicted molar refractivity (Wildman–Crippen MR) is 97.2 cm³/mol. The number of hydrogen-bond donors (Lipinski definition) is 2. The number of anilines is 1. The highest BCUT2D eigenvalue weighted by Crippen LogP contribution is 2.25. The van der Waals surface area contributed by atoms with Crippen LogP contribution in [-0.2, 0) is 14.8 Å². The number of ether oxygens (including phenoxy) is 1. The van der Waals surface area contributed by atoms with E-state index in [1.54, 1.807) is 12.1 Å². The van der Waals surface area contributed by atoms with E-state index in [1.165, 1.54) is 19.2 Å². The van der Waals surface area contributed by atoms with Gasteiger partial charge in [-0.1, -0.05) is 6.07 Å². The summed E-state index contributed by atoms with van der Waals surface area (Å²) in [5.41, 5.74) is 1.55. The minimum atomic E-state index is -3.72. The van der Waals surface area contributed by atoms with Crippen molar-refractivity contribution in [3.8, 4) is 5.75 Å². The van der Waals surface area contributed by atoms with Crippen LogP contribution in [-0.4, -0.2) is 28.0 Å². The molecule has 0 saturated heterocycles. The van der Waals surface area contributed by atoms with Crippen molar-refractivity contribution < 1.29 is 22.3 Å². The highest BCUT2D eigenvalue weighted by Gasteiger charge is 2.14. The molecule has 0 atom stereocenters. The first-order valence-corrected chi connectivity index (χ1v) is 9.50. The Kier molecular flexibility index (Phi) is 6.70. The second kappa shape index (κ2) is 8.77. The van der Waals surface area contributed by atoms with Crippen molar-refractivity contribution in [2.24, 2.45) is 0 Å². The zero-order chi connectivity index (χ0) is 19.2. The van der Waals surface area contributed by atoms with Crippen molar-refractivity contribution in [2.45, 2.75) is 24.7 Å². The second-order valence-corrected chi connectivity index (χ2v) is 7.47. The molecule has 6 nitrogen and oxygen atoms in total. The van der Waals surface area contributed by atoms with Crippen molar-refractivity contribution >= 4 is 21.6 Å². The van der Waals surface area contributed by atoms with Gasteiger partial charge in [0.15, 0.2) is 0 Å². The van der Waals surface area contributed by atoms with Gasteiger partial charge in [-0.3, -0.25) is 4.79 Å². The molecule has 2 rings (SSSR count). The predicted octanol–water partition coefficient (Wildman–Crippen LogP) is 2.84. The van der Waals surface area contributed by atoms with E-state index in [4.69, 9.17) is 4.74 Å². The first-order valence-electron chi connectivity index (χ1n) is 8.01. The Bertz CT molecular complexity index is 867. The lowest BCUT2D eigenvalue weighted by Crippen LogP contribution is -2.25. The van der Waals surface area contributed by atoms with Gasteiger partial charge in [0.1, 0.15) is 11.6 Å². The highest BCUT2D eigenvalue weighted by molar-refractivity contribution is 7.89. The molecule has 0 aromatic heterocycles. The van der Waals surface area contributed by atoms with Gasteiger partial charge in [-0.2, -0.15) is 0 Å². The van der Waals surface area contributed by atoms with Crippen molar-refractivity contribution in [1.82, 2.24) is 4.72 Å². The zero-order valence-electron chi connectivity index (χ0n) is 14.6. The van der Waals surface area contributed by atoms with Gasteiger partial charge in [-0.05, 0) is 55.3 Å². The Hall–Kier alpha value is -2.45. The van der Waals surface area contributed by atoms with E-state index in [0.717, 1.165) is 17.7 Å². The van der Waals surface area contributed by atoms with Gasteiger partial charge in [0, 0.05) is 13.0 Å². The van der Waals surface area contributed by atoms with E-state index in [1.807, 2.05) is 13.0 Å². The smallest absolute Gasteiger partial charge is 0.240 e. The summed E-state index contributed by atoms with van der Waals surface area (Å²) in [5, 5.41) is 2.76. The van der Waals surface area contributed by atoms with Gasteiger partial charge in [0.25, 0.3) is 0 Å². The van der Waals surface area contributed by atoms with Crippen molar-refractivity contribution in [1.29, 1.82) is 0 Å². The van der Waals surface area contributed by atoms with Crippen LogP contribution in [0, 0.1) is 12.7 Å². The van der Waals surface area contributed by atoms with Gasteiger partial charge >= 0.3 is 0 Å². The molecule has 140 valence electrons. The monoisotopic (exact) mass is 380 g/mol. The molecule has 8 heteroatoms. The number of hydrogen-bond acceptors (Lipinski definition) is 4. The lowest BCUT2D eigenvalue weighted by molar-refractivity contribution is -0.116. The Morgan fingerprint density at radius 2 is 1.85 bits per heavy atom. The molecule has 0 unspecified atom stereocenters. The number of carbonyl (C=O) groups excluding carboxylic acids is 1. The molecule has 2 aromatic carbocycles. The number of methoxy groups -OCH3 is 1. The number of benzene rings is 2. The van der Waals surface area contributed by atoms with Crippen molar-refractivity contribution in [3.05, 3.63) is 53.8 Å². The van der Waals surface area contributed by atoms with Gasteiger partial charge < -0.3 is 10.1 Å². The third kappa shape index (κ3) is 5.53. The molecule has 2 aromatic rings. The normalized spacial score (nSPS) is 11.2. The zero-order valence-corrected chi connectivity index (χ0v) is 15.4. The molecule has 0 saturated carbocycles. The van der Waals surface area contributed by atoms with Crippen LogP contribution in [0.4, 0.5) is 10.1 Å². The fraction of sp³-hybridized carbons (Fsp3) is 0.278. The number of carbonyl (C=O) groups is 1. The van der Waals surface area contributed by atoms with E-state index < -0.39 is 15.8 Å². The molecule has 0 radical (unpaired) electrons. The molecule has 2 N–H and O–H groups in total. The standard InChI is InChI=1S/C18H21FN2O4S/c1-13-5-10-17(25-2)16(12-13)21-18(22)4-3-11-20-26(23,24)15-8-6-14(19)7-9-15/h5-10,12,20H,3-4,11H2,1-2H3,(H,21,22). The van der Waals surface area contributed by atoms with Crippen LogP contribution in [0.1, 0.15) is 18.4 Å². The molecule has 26 heavy (non-hydrogen) atoms. The van der Waals surface area contributed by atoms with Crippen LogP contribution in [0.2, 0.25) is 0 Å². The number of aryl methyl sites for hydroxylation is 1. The molecule has 0 bridgehead atoms. The molecule has 1 amide bonds. The van der Waals surface area contributed by atoms with E-state index in [2.05, 4.69) is 10.0 Å². The van der Waals surface area contributed by atoms with E-state index in [9.17, 15) is 17.6 Å². The third-order valence-corrected chi connectivity index (χ3v) is 5.10. The van der Waals surface area contributed by atoms with Crippen LogP contribution in [0.25, 0.3) is 0 Å². The highest BCUT2D eigenvalue weighted by atomic mass is 32.2. The summed E-state index contributed by atoms with van der Waals surface area (Å²) in [6.45, 7) is 2.00. The summed E-state index contributed by atoms with van der Waals surface area (Å²) in [4.78, 5) is 12.0. The largest absolute Gasteiger partial charge is 0.495 e. The van der Waals surface area contributed by atoms with Gasteiger partial charge in [-0.25, -0.2) is 17.5 Å². The summed E-state index contributed by atoms with van der Waals surface area (Å²) >= 11 is 0. The Labute approximate surface area is 152 Å². The summed E-state index contributed by atoms with van der Waals surface area (Å²) in [7, 11) is -2.20. The lowest BCUT2D eigenvalue weighted by atomic mass is 10.2. The number of halogens is 1. The van der Waals surface area contributed by atoms with Gasteiger partial charge in [0.05, 0.1) is 17.7 Å². The molecule has 0 heterocycles. The van der Waals surface area contributed by atoms with E-state index >= 15 is 0 Å². The third-order valence-electron chi connectivity index (χ3n) is 3.63. The second-order valence-electron chi connectivity index (χ2n) is 5.71. The lowest BCUT2D eigenvalue weighted by Gasteiger charge is -2.11. The average Bonchev–Trinajstić information content (AvgIpc) is 2.59. The Balaban J connectivity index is 1.83. The maximum Gasteiger partial charge on any atom is 0.240 e. The summed E-state index contributed by atoms with van der Waals surface area (Å²) in [5.74, 6) is -0.192. The number of amides is 1. The molecule has 0 aliphatic rings. The quantitative estimate of drug-likeness (QED) is 0.690. The number of nitrogens with one attached hydrogen (secondary N) is 2. The Morgan fingerprint density at radius 3 is 2.50 bits per heavy atom. The van der Waals surface area contributed by atoms with Crippen molar-refractivity contribution in [2.75, 3.05) is 19.0 Å². The first-order chi connectivity index (χ1) is 12.3. The SMILES string of the molecule is COc1ccc(C)cc1NC(=O)CCCNS(=O)(=O)c1ccc(F)cc1. The topological polar surface area (TPSA) is 84.5 Å². The summed E-state index contributed by atoms with van der Waals surface area (Å²) in [6, 6.07) is 9.98. The number of sulfonamides is 1. The molecular weight excluding hydrogens is 359 g/mol. The number of rotatable bonds is 8. The van der Waals surface area contributed by atoms with Gasteiger partial charge in [0.2, 0.25) is 15.9 Å². The van der Waals surface area contributed by atoms with Crippen LogP contribution in [0.5, 0.6) is 5.75 Å². The summed E-state index contributed by atoms with van der Waals surface area (Å²) in [6.07, 6.45) is 0.462. The Morgan fingerprint density at radius 1 is 1.15 bits per heavy atom. The van der Waals surface area contributed by atoms with Crippen LogP contribution < -0.4 is 14.8 Å². The van der Waals surface area contributed by atoms with Crippen LogP contribution >= 0.6 is 0 Å². The van der Waals surface area contributed by atoms with Crippen molar-refractivity contribution in [3.63, 3.8) is 0 Å². The van der Waals surface area contributed by atoms with E-state index in [0.29, 0.717) is 17.9 Å². The minimum Gasteiger partial charge on any atom is -0.495 e. The molecule has 0 spiro atoms. The maximum absolute atomic E-state index is 12.9. The van der Waals surface area contributed by atoms with Crippen LogP contribution in [0.3, 0.4) is 0 Å². The average molecular weight is 380 g/mol. The summed E-state index contributed by atoms with van der Waals surface area (Å²) < 4.78 is 44.5. The molecule has 0 aliphatic carbocycles. The fourth-order valence-electron chi connectivity index (χ4n) is 2.28. The minimum absolute atomic E-state index is 0.0205. The first kappa shape index (κ1) is 19.9. The fourth-order valence-corrected chi connectivity index (χ4v) is 3.36.